The fourth-order valence-corrected chi connectivity index (χ4v) is 12.7. The molecule has 9 aromatic carbocycles. The maximum absolute atomic E-state index is 7.24. The Morgan fingerprint density at radius 3 is 1.62 bits per heavy atom. The largest absolute Gasteiger partial charge is 0.509 e. The van der Waals surface area contributed by atoms with Crippen LogP contribution in [0.1, 0.15) is 101 Å². The van der Waals surface area contributed by atoms with Crippen molar-refractivity contribution in [2.45, 2.75) is 84.0 Å². The molecule has 3 aliphatic rings. The number of pyridine rings is 1. The Morgan fingerprint density at radius 2 is 1.01 bits per heavy atom. The Bertz CT molecular complexity index is 4110. The van der Waals surface area contributed by atoms with Crippen LogP contribution < -0.4 is 14.5 Å². The van der Waals surface area contributed by atoms with E-state index in [0.717, 1.165) is 61.9 Å². The molecule has 0 amide bonds. The van der Waals surface area contributed by atoms with Crippen LogP contribution in [0.15, 0.2) is 200 Å². The summed E-state index contributed by atoms with van der Waals surface area (Å²) in [6.07, 6.45) is 1.95. The van der Waals surface area contributed by atoms with Gasteiger partial charge in [0.15, 0.2) is 0 Å². The van der Waals surface area contributed by atoms with Crippen LogP contribution in [0.5, 0.6) is 11.5 Å². The van der Waals surface area contributed by atoms with Gasteiger partial charge in [-0.25, -0.2) is 4.98 Å². The van der Waals surface area contributed by atoms with Crippen LogP contribution in [0.2, 0.25) is 0 Å². The van der Waals surface area contributed by atoms with Gasteiger partial charge in [-0.2, -0.15) is 6.07 Å². The fraction of sp³-hybridized carbons (Fsp3) is 0.178. The van der Waals surface area contributed by atoms with Crippen molar-refractivity contribution in [3.8, 4) is 50.7 Å². The molecule has 2 aromatic heterocycles. The first-order valence-corrected chi connectivity index (χ1v) is 27.4. The van der Waals surface area contributed by atoms with Gasteiger partial charge < -0.3 is 19.1 Å². The zero-order valence-electron chi connectivity index (χ0n) is 46.1. The van der Waals surface area contributed by atoms with Crippen molar-refractivity contribution >= 4 is 44.6 Å². The van der Waals surface area contributed by atoms with E-state index in [1.165, 1.54) is 60.8 Å². The molecule has 392 valence electrons. The normalized spacial score (nSPS) is 14.0. The Morgan fingerprint density at radius 1 is 0.456 bits per heavy atom. The minimum absolute atomic E-state index is 0. The molecule has 5 nitrogen and oxygen atoms in total. The first kappa shape index (κ1) is 50.5. The molecule has 0 unspecified atom stereocenters. The van der Waals surface area contributed by atoms with Gasteiger partial charge in [0.25, 0.3) is 0 Å². The molecule has 3 heterocycles. The molecule has 11 aromatic rings. The average Bonchev–Trinajstić information content (AvgIpc) is 1.98. The molecular formula is C73H61N4OPt-3. The van der Waals surface area contributed by atoms with E-state index in [1.807, 2.05) is 12.3 Å². The molecule has 0 fully saturated rings. The molecule has 0 atom stereocenters. The molecule has 1 aliphatic heterocycles. The number of benzene rings is 9. The summed E-state index contributed by atoms with van der Waals surface area (Å²) in [4.78, 5) is 9.69. The standard InChI is InChI=1S/C73H61N4O.Pt/c1-70(2,3)48-33-35-58-56(39-48)57-40-49(71(4,5)6)34-36-59(57)73(58)60-29-20-32-64-67(60)68-61(73)43-53(44-65(68)77(64)66-41-50(37-38-74-66)72(7,8)9)78-52-26-18-25-51(42-52)75-45-76(63-31-17-16-30-62(63)75)69-54(46-21-12-10-13-22-46)27-19-28-55(69)47-23-14-11-15-24-47;/h10-41,43,45H,1-9H3;/q-3;. The summed E-state index contributed by atoms with van der Waals surface area (Å²) in [5.41, 5.74) is 21.4. The van der Waals surface area contributed by atoms with E-state index in [-0.39, 0.29) is 37.3 Å². The van der Waals surface area contributed by atoms with Gasteiger partial charge >= 0.3 is 0 Å². The fourth-order valence-electron chi connectivity index (χ4n) is 12.7. The number of hydrogen-bond donors (Lipinski definition) is 0. The van der Waals surface area contributed by atoms with Gasteiger partial charge in [0.05, 0.1) is 0 Å². The topological polar surface area (TPSA) is 33.5 Å². The van der Waals surface area contributed by atoms with Crippen molar-refractivity contribution < 1.29 is 25.8 Å². The van der Waals surface area contributed by atoms with Crippen LogP contribution in [0.3, 0.4) is 0 Å². The Balaban J connectivity index is 0.00000591. The summed E-state index contributed by atoms with van der Waals surface area (Å²) >= 11 is 0. The summed E-state index contributed by atoms with van der Waals surface area (Å²) < 4.78 is 9.56. The first-order valence-electron chi connectivity index (χ1n) is 27.4. The SMILES string of the molecule is CC(C)(C)c1ccnc(-n2c3[c-]c(Oc4[c-]c(N5[CH-]N(c6c(-c7ccccc7)cccc6-c6ccccc6)c6ccccc65)ccc4)cc4c3c3c(cccc32)C42c3ccc(C(C)(C)C)cc3-c3cc(C(C)(C)C)ccc32)c1.[Pt]. The van der Waals surface area contributed by atoms with E-state index >= 15 is 0 Å². The van der Waals surface area contributed by atoms with Crippen molar-refractivity contribution in [3.05, 3.63) is 258 Å². The summed E-state index contributed by atoms with van der Waals surface area (Å²) in [6.45, 7) is 22.9. The predicted molar refractivity (Wildman–Crippen MR) is 322 cm³/mol. The summed E-state index contributed by atoms with van der Waals surface area (Å²) in [5, 5.41) is 2.42. The summed E-state index contributed by atoms with van der Waals surface area (Å²) in [6, 6.07) is 78.5. The van der Waals surface area contributed by atoms with Gasteiger partial charge in [-0.3, -0.25) is 0 Å². The number of nitrogens with zero attached hydrogens (tertiary/aromatic N) is 4. The minimum atomic E-state index is -0.620. The second kappa shape index (κ2) is 18.3. The summed E-state index contributed by atoms with van der Waals surface area (Å²) in [5.74, 6) is 2.06. The number of ether oxygens (including phenoxy) is 1. The second-order valence-corrected chi connectivity index (χ2v) is 24.5. The monoisotopic (exact) mass is 1200 g/mol. The number of anilines is 4. The van der Waals surface area contributed by atoms with E-state index in [2.05, 4.69) is 284 Å². The third kappa shape index (κ3) is 7.86. The quantitative estimate of drug-likeness (QED) is 0.149. The minimum Gasteiger partial charge on any atom is -0.509 e. The molecule has 0 bridgehead atoms. The molecule has 2 aliphatic carbocycles. The van der Waals surface area contributed by atoms with Crippen molar-refractivity contribution in [2.75, 3.05) is 9.80 Å². The summed E-state index contributed by atoms with van der Waals surface area (Å²) in [7, 11) is 0. The number of fused-ring (bicyclic) bond motifs is 8. The Hall–Kier alpha value is -7.98. The van der Waals surface area contributed by atoms with Gasteiger partial charge in [-0.15, -0.1) is 48.3 Å². The second-order valence-electron chi connectivity index (χ2n) is 24.5. The predicted octanol–water partition coefficient (Wildman–Crippen LogP) is 18.9. The molecule has 6 heteroatoms. The van der Waals surface area contributed by atoms with Crippen molar-refractivity contribution in [1.29, 1.82) is 0 Å². The van der Waals surface area contributed by atoms with E-state index < -0.39 is 5.41 Å². The number of hydrogen-bond acceptors (Lipinski definition) is 4. The third-order valence-electron chi connectivity index (χ3n) is 16.6. The smallest absolute Gasteiger partial charge is 0.135 e. The molecule has 14 rings (SSSR count). The number of aromatic nitrogens is 2. The Labute approximate surface area is 479 Å². The third-order valence-corrected chi connectivity index (χ3v) is 16.6. The van der Waals surface area contributed by atoms with E-state index in [1.54, 1.807) is 0 Å². The zero-order chi connectivity index (χ0) is 53.5. The number of para-hydroxylation sites is 3. The maximum Gasteiger partial charge on any atom is 0.135 e. The van der Waals surface area contributed by atoms with Crippen LogP contribution in [0, 0.1) is 18.8 Å². The van der Waals surface area contributed by atoms with Gasteiger partial charge in [0.1, 0.15) is 5.82 Å². The van der Waals surface area contributed by atoms with Gasteiger partial charge in [0, 0.05) is 77.9 Å². The van der Waals surface area contributed by atoms with Crippen LogP contribution in [0.4, 0.5) is 22.7 Å². The molecule has 0 saturated carbocycles. The van der Waals surface area contributed by atoms with Crippen molar-refractivity contribution in [1.82, 2.24) is 9.55 Å². The van der Waals surface area contributed by atoms with Crippen molar-refractivity contribution in [2.24, 2.45) is 0 Å². The van der Waals surface area contributed by atoms with E-state index in [9.17, 15) is 0 Å². The van der Waals surface area contributed by atoms with Crippen LogP contribution >= 0.6 is 0 Å². The molecule has 0 N–H and O–H groups in total. The van der Waals surface area contributed by atoms with Crippen LogP contribution in [-0.4, -0.2) is 9.55 Å². The van der Waals surface area contributed by atoms with Crippen LogP contribution in [-0.2, 0) is 42.7 Å². The van der Waals surface area contributed by atoms with Gasteiger partial charge in [0.2, 0.25) is 0 Å². The molecule has 0 radical (unpaired) electrons. The molecule has 1 spiro atoms. The zero-order valence-corrected chi connectivity index (χ0v) is 48.4. The van der Waals surface area contributed by atoms with Crippen molar-refractivity contribution in [3.63, 3.8) is 0 Å². The first-order chi connectivity index (χ1) is 37.6. The van der Waals surface area contributed by atoms with Gasteiger partial charge in [-0.1, -0.05) is 213 Å². The Kier molecular flexibility index (Phi) is 11.7. The number of rotatable bonds is 7. The van der Waals surface area contributed by atoms with Gasteiger partial charge in [-0.05, 0) is 108 Å². The molecule has 79 heavy (non-hydrogen) atoms. The van der Waals surface area contributed by atoms with E-state index in [0.29, 0.717) is 11.5 Å². The molecule has 0 saturated heterocycles. The molecular weight excluding hydrogens is 1140 g/mol. The van der Waals surface area contributed by atoms with Crippen LogP contribution in [0.25, 0.3) is 61.0 Å². The maximum atomic E-state index is 7.24. The van der Waals surface area contributed by atoms with E-state index in [4.69, 9.17) is 9.72 Å². The average molecular weight is 1210 g/mol.